The molecule has 5 rings (SSSR count). The fourth-order valence-corrected chi connectivity index (χ4v) is 5.01. The van der Waals surface area contributed by atoms with Crippen molar-refractivity contribution in [2.45, 2.75) is 24.3 Å². The fraction of sp³-hybridized carbons (Fsp3) is 0.190. The summed E-state index contributed by atoms with van der Waals surface area (Å²) in [6.45, 7) is 4.64. The average Bonchev–Trinajstić information content (AvgIpc) is 2.88. The lowest BCUT2D eigenvalue weighted by atomic mass is 9.86. The Kier molecular flexibility index (Phi) is 2.61. The van der Waals surface area contributed by atoms with E-state index in [0.29, 0.717) is 0 Å². The topological polar surface area (TPSA) is 12.9 Å². The van der Waals surface area contributed by atoms with Gasteiger partial charge in [0, 0.05) is 21.9 Å². The van der Waals surface area contributed by atoms with Crippen molar-refractivity contribution in [2.75, 3.05) is 5.75 Å². The number of pyridine rings is 1. The molecular formula is C21H17NS. The maximum atomic E-state index is 5.09. The summed E-state index contributed by atoms with van der Waals surface area (Å²) in [6.07, 6.45) is 0. The Labute approximate surface area is 139 Å². The van der Waals surface area contributed by atoms with Gasteiger partial charge in [0.05, 0.1) is 5.52 Å². The molecule has 0 spiro atoms. The van der Waals surface area contributed by atoms with Crippen LogP contribution in [0.1, 0.15) is 19.4 Å². The van der Waals surface area contributed by atoms with Crippen LogP contribution in [0.2, 0.25) is 0 Å². The van der Waals surface area contributed by atoms with Crippen molar-refractivity contribution in [2.24, 2.45) is 0 Å². The van der Waals surface area contributed by atoms with Crippen LogP contribution in [0.3, 0.4) is 0 Å². The average molecular weight is 315 g/mol. The van der Waals surface area contributed by atoms with Gasteiger partial charge in [0.1, 0.15) is 5.03 Å². The molecule has 0 N–H and O–H groups in total. The van der Waals surface area contributed by atoms with Crippen LogP contribution < -0.4 is 0 Å². The molecule has 1 aromatic heterocycles. The Hall–Kier alpha value is -2.06. The normalized spacial score (nSPS) is 16.3. The minimum Gasteiger partial charge on any atom is -0.240 e. The number of fused-ring (bicyclic) bond motifs is 7. The molecule has 0 fully saturated rings. The number of rotatable bonds is 0. The zero-order valence-corrected chi connectivity index (χ0v) is 14.1. The minimum absolute atomic E-state index is 0.202. The molecule has 2 heterocycles. The number of hydrogen-bond acceptors (Lipinski definition) is 2. The third-order valence-corrected chi connectivity index (χ3v) is 6.43. The molecule has 1 aliphatic rings. The summed E-state index contributed by atoms with van der Waals surface area (Å²) in [6, 6.07) is 19.8. The molecular weight excluding hydrogens is 298 g/mol. The summed E-state index contributed by atoms with van der Waals surface area (Å²) in [5, 5.41) is 7.68. The quantitative estimate of drug-likeness (QED) is 0.373. The first-order valence-corrected chi connectivity index (χ1v) is 9.01. The second-order valence-electron chi connectivity index (χ2n) is 7.00. The molecule has 0 unspecified atom stereocenters. The van der Waals surface area contributed by atoms with Crippen LogP contribution in [0.25, 0.3) is 32.4 Å². The highest BCUT2D eigenvalue weighted by atomic mass is 32.2. The largest absolute Gasteiger partial charge is 0.240 e. The van der Waals surface area contributed by atoms with Crippen molar-refractivity contribution in [3.05, 3.63) is 60.2 Å². The molecule has 0 saturated carbocycles. The van der Waals surface area contributed by atoms with Crippen molar-refractivity contribution < 1.29 is 0 Å². The molecule has 1 aliphatic heterocycles. The summed E-state index contributed by atoms with van der Waals surface area (Å²) in [7, 11) is 0. The Morgan fingerprint density at radius 1 is 0.826 bits per heavy atom. The molecule has 0 aliphatic carbocycles. The van der Waals surface area contributed by atoms with E-state index >= 15 is 0 Å². The van der Waals surface area contributed by atoms with E-state index in [4.69, 9.17) is 4.98 Å². The molecule has 3 aromatic carbocycles. The van der Waals surface area contributed by atoms with Crippen molar-refractivity contribution in [3.63, 3.8) is 0 Å². The van der Waals surface area contributed by atoms with Gasteiger partial charge in [-0.15, -0.1) is 11.8 Å². The van der Waals surface area contributed by atoms with E-state index in [1.165, 1.54) is 37.5 Å². The van der Waals surface area contributed by atoms with Crippen molar-refractivity contribution in [3.8, 4) is 0 Å². The second-order valence-corrected chi connectivity index (χ2v) is 7.97. The van der Waals surface area contributed by atoms with Gasteiger partial charge in [0.2, 0.25) is 0 Å². The lowest BCUT2D eigenvalue weighted by molar-refractivity contribution is 0.602. The molecule has 23 heavy (non-hydrogen) atoms. The smallest absolute Gasteiger partial charge is 0.101 e. The molecule has 112 valence electrons. The summed E-state index contributed by atoms with van der Waals surface area (Å²) in [5.41, 5.74) is 2.74. The zero-order valence-electron chi connectivity index (χ0n) is 13.3. The van der Waals surface area contributed by atoms with Gasteiger partial charge in [-0.3, -0.25) is 0 Å². The highest BCUT2D eigenvalue weighted by Crippen LogP contribution is 2.45. The standard InChI is InChI=1S/C21H17NS/c1-21(2)12-23-20-18(21)11-17-15-9-4-3-7-13(15)14-8-5-6-10-16(14)19(17)22-20/h3-11H,12H2,1-2H3. The molecule has 0 bridgehead atoms. The Morgan fingerprint density at radius 2 is 1.39 bits per heavy atom. The highest BCUT2D eigenvalue weighted by molar-refractivity contribution is 7.99. The molecule has 0 radical (unpaired) electrons. The lowest BCUT2D eigenvalue weighted by Gasteiger charge is -2.18. The van der Waals surface area contributed by atoms with Crippen LogP contribution in [0, 0.1) is 0 Å². The summed E-state index contributed by atoms with van der Waals surface area (Å²) >= 11 is 1.89. The van der Waals surface area contributed by atoms with Crippen LogP contribution in [0.4, 0.5) is 0 Å². The van der Waals surface area contributed by atoms with Gasteiger partial charge >= 0.3 is 0 Å². The maximum absolute atomic E-state index is 5.09. The van der Waals surface area contributed by atoms with Gasteiger partial charge in [-0.2, -0.15) is 0 Å². The maximum Gasteiger partial charge on any atom is 0.101 e. The van der Waals surface area contributed by atoms with E-state index in [2.05, 4.69) is 68.4 Å². The Morgan fingerprint density at radius 3 is 2.09 bits per heavy atom. The zero-order chi connectivity index (χ0) is 15.6. The number of benzene rings is 3. The summed E-state index contributed by atoms with van der Waals surface area (Å²) < 4.78 is 0. The highest BCUT2D eigenvalue weighted by Gasteiger charge is 2.32. The molecule has 1 nitrogen and oxygen atoms in total. The van der Waals surface area contributed by atoms with Gasteiger partial charge in [0.25, 0.3) is 0 Å². The first-order valence-electron chi connectivity index (χ1n) is 8.03. The summed E-state index contributed by atoms with van der Waals surface area (Å²) in [4.78, 5) is 5.09. The molecule has 0 amide bonds. The lowest BCUT2D eigenvalue weighted by Crippen LogP contribution is -2.15. The third-order valence-electron chi connectivity index (χ3n) is 4.98. The SMILES string of the molecule is CC1(C)CSc2nc3c4ccccc4c4ccccc4c3cc21. The van der Waals surface area contributed by atoms with Gasteiger partial charge < -0.3 is 0 Å². The first kappa shape index (κ1) is 13.4. The predicted octanol–water partition coefficient (Wildman–Crippen LogP) is 5.92. The molecule has 0 saturated heterocycles. The predicted molar refractivity (Wildman–Crippen MR) is 101 cm³/mol. The molecule has 0 atom stereocenters. The van der Waals surface area contributed by atoms with Gasteiger partial charge in [-0.05, 0) is 27.8 Å². The van der Waals surface area contributed by atoms with Crippen molar-refractivity contribution in [1.82, 2.24) is 4.98 Å². The van der Waals surface area contributed by atoms with Crippen LogP contribution >= 0.6 is 11.8 Å². The summed E-state index contributed by atoms with van der Waals surface area (Å²) in [5.74, 6) is 1.11. The van der Waals surface area contributed by atoms with Gasteiger partial charge in [0.15, 0.2) is 0 Å². The van der Waals surface area contributed by atoms with Crippen LogP contribution in [-0.4, -0.2) is 10.7 Å². The number of thioether (sulfide) groups is 1. The van der Waals surface area contributed by atoms with Gasteiger partial charge in [-0.25, -0.2) is 4.98 Å². The van der Waals surface area contributed by atoms with E-state index in [1.807, 2.05) is 11.8 Å². The number of aromatic nitrogens is 1. The molecule has 2 heteroatoms. The van der Waals surface area contributed by atoms with Crippen LogP contribution in [-0.2, 0) is 5.41 Å². The van der Waals surface area contributed by atoms with Gasteiger partial charge in [-0.1, -0.05) is 62.4 Å². The second kappa shape index (κ2) is 4.48. The van der Waals surface area contributed by atoms with E-state index < -0.39 is 0 Å². The molecule has 4 aromatic rings. The Bertz CT molecular complexity index is 1100. The third kappa shape index (κ3) is 1.79. The van der Waals surface area contributed by atoms with E-state index in [0.717, 1.165) is 11.3 Å². The van der Waals surface area contributed by atoms with Crippen molar-refractivity contribution >= 4 is 44.2 Å². The van der Waals surface area contributed by atoms with Crippen molar-refractivity contribution in [1.29, 1.82) is 0 Å². The van der Waals surface area contributed by atoms with E-state index in [9.17, 15) is 0 Å². The minimum atomic E-state index is 0.202. The number of nitrogens with zero attached hydrogens (tertiary/aromatic N) is 1. The van der Waals surface area contributed by atoms with E-state index in [1.54, 1.807) is 0 Å². The van der Waals surface area contributed by atoms with Crippen LogP contribution in [0.15, 0.2) is 59.6 Å². The fourth-order valence-electron chi connectivity index (χ4n) is 3.71. The number of hydrogen-bond donors (Lipinski definition) is 0. The Balaban J connectivity index is 2.07. The van der Waals surface area contributed by atoms with E-state index in [-0.39, 0.29) is 5.41 Å². The monoisotopic (exact) mass is 315 g/mol. The first-order chi connectivity index (χ1) is 11.1. The van der Waals surface area contributed by atoms with Crippen LogP contribution in [0.5, 0.6) is 0 Å².